The molecule has 0 spiro atoms. The number of carbonyl (C=O) groups is 2. The molecule has 0 aliphatic heterocycles. The van der Waals surface area contributed by atoms with Gasteiger partial charge in [-0.3, -0.25) is 4.79 Å². The van der Waals surface area contributed by atoms with Gasteiger partial charge in [-0.15, -0.1) is 0 Å². The molecule has 5 nitrogen and oxygen atoms in total. The van der Waals surface area contributed by atoms with Crippen molar-refractivity contribution in [3.05, 3.63) is 46.8 Å². The lowest BCUT2D eigenvalue weighted by Gasteiger charge is -2.25. The molecule has 1 aromatic heterocycles. The van der Waals surface area contributed by atoms with Crippen LogP contribution in [0.1, 0.15) is 90.0 Å². The summed E-state index contributed by atoms with van der Waals surface area (Å²) in [5.74, 6) is -0.764. The van der Waals surface area contributed by atoms with Crippen molar-refractivity contribution >= 4 is 11.9 Å². The van der Waals surface area contributed by atoms with Crippen LogP contribution in [0.5, 0.6) is 0 Å². The van der Waals surface area contributed by atoms with Crippen molar-refractivity contribution in [2.24, 2.45) is 5.73 Å². The number of primary amides is 1. The minimum absolute atomic E-state index is 0.370. The SMILES string of the molecule is CCc1c(-c2ccc(C(=O)OC)cc2)c(C(N)=O)c(C)n1C1CCCCCCC1. The molecule has 1 aliphatic carbocycles. The number of benzene rings is 1. The summed E-state index contributed by atoms with van der Waals surface area (Å²) in [5.41, 5.74) is 10.9. The Hall–Kier alpha value is -2.56. The number of methoxy groups -OCH3 is 1. The van der Waals surface area contributed by atoms with Gasteiger partial charge in [0, 0.05) is 23.0 Å². The minimum atomic E-state index is -0.395. The van der Waals surface area contributed by atoms with E-state index in [1.54, 1.807) is 12.1 Å². The number of rotatable bonds is 5. The summed E-state index contributed by atoms with van der Waals surface area (Å²) in [7, 11) is 1.37. The maximum atomic E-state index is 12.5. The lowest BCUT2D eigenvalue weighted by Crippen LogP contribution is -2.17. The third-order valence-electron chi connectivity index (χ3n) is 6.17. The maximum Gasteiger partial charge on any atom is 0.337 e. The highest BCUT2D eigenvalue weighted by molar-refractivity contribution is 6.02. The van der Waals surface area contributed by atoms with Crippen molar-refractivity contribution in [3.8, 4) is 11.1 Å². The highest BCUT2D eigenvalue weighted by atomic mass is 16.5. The zero-order valence-corrected chi connectivity index (χ0v) is 17.8. The molecule has 2 N–H and O–H groups in total. The predicted molar refractivity (Wildman–Crippen MR) is 115 cm³/mol. The van der Waals surface area contributed by atoms with Gasteiger partial charge in [0.15, 0.2) is 0 Å². The summed E-state index contributed by atoms with van der Waals surface area (Å²) in [6, 6.07) is 7.66. The molecular weight excluding hydrogens is 364 g/mol. The van der Waals surface area contributed by atoms with Crippen LogP contribution in [0.4, 0.5) is 0 Å². The van der Waals surface area contributed by atoms with Crippen molar-refractivity contribution in [3.63, 3.8) is 0 Å². The lowest BCUT2D eigenvalue weighted by atomic mass is 9.95. The number of nitrogens with zero attached hydrogens (tertiary/aromatic N) is 1. The quantitative estimate of drug-likeness (QED) is 0.706. The van der Waals surface area contributed by atoms with Crippen molar-refractivity contribution in [1.29, 1.82) is 0 Å². The van der Waals surface area contributed by atoms with Crippen molar-refractivity contribution in [2.45, 2.75) is 71.3 Å². The van der Waals surface area contributed by atoms with Gasteiger partial charge in [-0.2, -0.15) is 0 Å². The molecule has 156 valence electrons. The van der Waals surface area contributed by atoms with Crippen molar-refractivity contribution in [1.82, 2.24) is 4.57 Å². The van der Waals surface area contributed by atoms with Crippen molar-refractivity contribution in [2.75, 3.05) is 7.11 Å². The number of aromatic nitrogens is 1. The van der Waals surface area contributed by atoms with Crippen LogP contribution < -0.4 is 5.73 Å². The molecule has 1 heterocycles. The Labute approximate surface area is 173 Å². The van der Waals surface area contributed by atoms with Crippen LogP contribution in [0.2, 0.25) is 0 Å². The third-order valence-corrected chi connectivity index (χ3v) is 6.17. The van der Waals surface area contributed by atoms with Gasteiger partial charge in [0.2, 0.25) is 0 Å². The Bertz CT molecular complexity index is 873. The van der Waals surface area contributed by atoms with Crippen LogP contribution in [-0.2, 0) is 11.2 Å². The minimum Gasteiger partial charge on any atom is -0.465 e. The average molecular weight is 397 g/mol. The molecule has 1 aliphatic rings. The van der Waals surface area contributed by atoms with Gasteiger partial charge in [0.05, 0.1) is 18.2 Å². The van der Waals surface area contributed by atoms with E-state index in [9.17, 15) is 9.59 Å². The van der Waals surface area contributed by atoms with Crippen LogP contribution in [0.25, 0.3) is 11.1 Å². The molecule has 0 bridgehead atoms. The number of nitrogens with two attached hydrogens (primary N) is 1. The first-order valence-electron chi connectivity index (χ1n) is 10.7. The number of hydrogen-bond donors (Lipinski definition) is 1. The van der Waals surface area contributed by atoms with Gasteiger partial charge in [0.1, 0.15) is 0 Å². The van der Waals surface area contributed by atoms with Gasteiger partial charge in [0.25, 0.3) is 5.91 Å². The molecule has 1 saturated carbocycles. The number of carbonyl (C=O) groups excluding carboxylic acids is 2. The fourth-order valence-electron chi connectivity index (χ4n) is 4.81. The third kappa shape index (κ3) is 4.24. The summed E-state index contributed by atoms with van der Waals surface area (Å²) in [4.78, 5) is 24.2. The molecule has 1 amide bonds. The van der Waals surface area contributed by atoms with Crippen LogP contribution in [-0.4, -0.2) is 23.6 Å². The first-order valence-corrected chi connectivity index (χ1v) is 10.7. The van der Waals surface area contributed by atoms with E-state index in [1.165, 1.54) is 39.2 Å². The summed E-state index contributed by atoms with van der Waals surface area (Å²) in [5, 5.41) is 0. The van der Waals surface area contributed by atoms with E-state index in [2.05, 4.69) is 11.5 Å². The first kappa shape index (κ1) is 21.2. The summed E-state index contributed by atoms with van der Waals surface area (Å²) in [6.45, 7) is 4.15. The largest absolute Gasteiger partial charge is 0.465 e. The van der Waals surface area contributed by atoms with Gasteiger partial charge < -0.3 is 15.0 Å². The lowest BCUT2D eigenvalue weighted by molar-refractivity contribution is 0.0600. The molecule has 2 aromatic rings. The Morgan fingerprint density at radius 3 is 2.17 bits per heavy atom. The fourth-order valence-corrected chi connectivity index (χ4v) is 4.81. The molecule has 0 atom stereocenters. The zero-order chi connectivity index (χ0) is 21.0. The fraction of sp³-hybridized carbons (Fsp3) is 0.500. The molecule has 0 saturated heterocycles. The topological polar surface area (TPSA) is 74.3 Å². The Kier molecular flexibility index (Phi) is 6.78. The van der Waals surface area contributed by atoms with Crippen LogP contribution in [0, 0.1) is 6.92 Å². The number of amides is 1. The second-order valence-electron chi connectivity index (χ2n) is 7.94. The van der Waals surface area contributed by atoms with Gasteiger partial charge >= 0.3 is 5.97 Å². The first-order chi connectivity index (χ1) is 14.0. The van der Waals surface area contributed by atoms with Gasteiger partial charge in [-0.25, -0.2) is 4.79 Å². The van der Waals surface area contributed by atoms with Crippen LogP contribution in [0.15, 0.2) is 24.3 Å². The Balaban J connectivity index is 2.13. The molecule has 0 unspecified atom stereocenters. The van der Waals surface area contributed by atoms with Crippen LogP contribution in [0.3, 0.4) is 0 Å². The second kappa shape index (κ2) is 9.29. The summed E-state index contributed by atoms with van der Waals surface area (Å²) in [6.07, 6.45) is 9.43. The predicted octanol–water partition coefficient (Wildman–Crippen LogP) is 5.20. The van der Waals surface area contributed by atoms with E-state index >= 15 is 0 Å². The van der Waals surface area contributed by atoms with E-state index in [0.29, 0.717) is 17.2 Å². The highest BCUT2D eigenvalue weighted by Gasteiger charge is 2.27. The van der Waals surface area contributed by atoms with Crippen LogP contribution >= 0.6 is 0 Å². The summed E-state index contributed by atoms with van der Waals surface area (Å²) < 4.78 is 7.18. The van der Waals surface area contributed by atoms with E-state index in [4.69, 9.17) is 10.5 Å². The van der Waals surface area contributed by atoms with Gasteiger partial charge in [-0.05, 0) is 43.9 Å². The number of ether oxygens (including phenoxy) is 1. The van der Waals surface area contributed by atoms with Gasteiger partial charge in [-0.1, -0.05) is 51.2 Å². The second-order valence-corrected chi connectivity index (χ2v) is 7.94. The Morgan fingerprint density at radius 2 is 1.66 bits per heavy atom. The molecule has 3 rings (SSSR count). The molecule has 5 heteroatoms. The number of hydrogen-bond acceptors (Lipinski definition) is 3. The molecule has 1 aromatic carbocycles. The zero-order valence-electron chi connectivity index (χ0n) is 17.8. The molecule has 1 fully saturated rings. The normalized spacial score (nSPS) is 15.6. The highest BCUT2D eigenvalue weighted by Crippen LogP contribution is 2.38. The van der Waals surface area contributed by atoms with E-state index < -0.39 is 5.91 Å². The molecule has 0 radical (unpaired) electrons. The molecular formula is C24H32N2O3. The maximum absolute atomic E-state index is 12.5. The van der Waals surface area contributed by atoms with E-state index in [0.717, 1.165) is 41.8 Å². The average Bonchev–Trinajstić information content (AvgIpc) is 2.99. The summed E-state index contributed by atoms with van der Waals surface area (Å²) >= 11 is 0. The van der Waals surface area contributed by atoms with E-state index in [-0.39, 0.29) is 5.97 Å². The van der Waals surface area contributed by atoms with Crippen molar-refractivity contribution < 1.29 is 14.3 Å². The standard InChI is InChI=1S/C24H32N2O3/c1-4-20-22(17-12-14-18(15-13-17)24(28)29-3)21(23(25)27)16(2)26(20)19-10-8-6-5-7-9-11-19/h12-15,19H,4-11H2,1-3H3,(H2,25,27). The molecule has 29 heavy (non-hydrogen) atoms. The van der Waals surface area contributed by atoms with E-state index in [1.807, 2.05) is 19.1 Å². The Morgan fingerprint density at radius 1 is 1.07 bits per heavy atom. The number of esters is 1. The smallest absolute Gasteiger partial charge is 0.337 e. The monoisotopic (exact) mass is 396 g/mol.